The number of nitrogen functional groups attached to an aromatic ring is 1. The number of benzene rings is 2. The molecular formula is C13H13FN2O. The maximum atomic E-state index is 13.4. The van der Waals surface area contributed by atoms with Crippen LogP contribution in [0.15, 0.2) is 42.5 Å². The lowest BCUT2D eigenvalue weighted by molar-refractivity contribution is 0.442. The van der Waals surface area contributed by atoms with E-state index in [0.29, 0.717) is 18.0 Å². The summed E-state index contributed by atoms with van der Waals surface area (Å²) in [4.78, 5) is 0. The van der Waals surface area contributed by atoms with Crippen LogP contribution in [-0.4, -0.2) is 0 Å². The summed E-state index contributed by atoms with van der Waals surface area (Å²) in [5, 5.41) is 0. The predicted octanol–water partition coefficient (Wildman–Crippen LogP) is 2.66. The molecule has 0 amide bonds. The number of anilines is 1. The Labute approximate surface area is 98.8 Å². The van der Waals surface area contributed by atoms with Gasteiger partial charge < -0.3 is 16.2 Å². The van der Waals surface area contributed by atoms with Crippen LogP contribution in [-0.2, 0) is 6.54 Å². The lowest BCUT2D eigenvalue weighted by Crippen LogP contribution is -2.01. The Balaban J connectivity index is 2.28. The van der Waals surface area contributed by atoms with Crippen LogP contribution in [0.1, 0.15) is 5.56 Å². The zero-order valence-electron chi connectivity index (χ0n) is 9.19. The van der Waals surface area contributed by atoms with E-state index in [1.807, 2.05) is 0 Å². The van der Waals surface area contributed by atoms with Gasteiger partial charge in [-0.1, -0.05) is 12.1 Å². The molecule has 0 saturated heterocycles. The van der Waals surface area contributed by atoms with Gasteiger partial charge in [0.1, 0.15) is 5.75 Å². The summed E-state index contributed by atoms with van der Waals surface area (Å²) < 4.78 is 18.8. The summed E-state index contributed by atoms with van der Waals surface area (Å²) in [5.41, 5.74) is 12.6. The number of hydrogen-bond donors (Lipinski definition) is 2. The molecular weight excluding hydrogens is 219 g/mol. The van der Waals surface area contributed by atoms with Crippen molar-refractivity contribution in [3.8, 4) is 11.5 Å². The van der Waals surface area contributed by atoms with Crippen LogP contribution in [0.2, 0.25) is 0 Å². The van der Waals surface area contributed by atoms with Crippen molar-refractivity contribution in [2.45, 2.75) is 6.54 Å². The summed E-state index contributed by atoms with van der Waals surface area (Å²) in [6.07, 6.45) is 0. The molecule has 0 aliphatic carbocycles. The van der Waals surface area contributed by atoms with Crippen LogP contribution in [0.5, 0.6) is 11.5 Å². The maximum absolute atomic E-state index is 13.4. The molecule has 0 fully saturated rings. The number of para-hydroxylation sites is 1. The van der Waals surface area contributed by atoms with Crippen LogP contribution < -0.4 is 16.2 Å². The molecule has 4 heteroatoms. The van der Waals surface area contributed by atoms with Crippen molar-refractivity contribution >= 4 is 5.69 Å². The lowest BCUT2D eigenvalue weighted by atomic mass is 10.2. The topological polar surface area (TPSA) is 61.3 Å². The van der Waals surface area contributed by atoms with Gasteiger partial charge in [0.15, 0.2) is 11.6 Å². The molecule has 0 unspecified atom stereocenters. The quantitative estimate of drug-likeness (QED) is 0.800. The van der Waals surface area contributed by atoms with E-state index in [0.717, 1.165) is 5.56 Å². The fourth-order valence-corrected chi connectivity index (χ4v) is 1.48. The van der Waals surface area contributed by atoms with Gasteiger partial charge >= 0.3 is 0 Å². The van der Waals surface area contributed by atoms with Crippen LogP contribution >= 0.6 is 0 Å². The Hall–Kier alpha value is -2.07. The number of rotatable bonds is 3. The van der Waals surface area contributed by atoms with Crippen LogP contribution in [0.25, 0.3) is 0 Å². The molecule has 0 heterocycles. The highest BCUT2D eigenvalue weighted by Gasteiger charge is 2.05. The first-order chi connectivity index (χ1) is 8.20. The Morgan fingerprint density at radius 1 is 1.12 bits per heavy atom. The van der Waals surface area contributed by atoms with E-state index in [4.69, 9.17) is 16.2 Å². The minimum Gasteiger partial charge on any atom is -0.454 e. The largest absolute Gasteiger partial charge is 0.454 e. The molecule has 2 aromatic rings. The van der Waals surface area contributed by atoms with Gasteiger partial charge in [-0.3, -0.25) is 0 Å². The second kappa shape index (κ2) is 4.84. The normalized spacial score (nSPS) is 10.2. The second-order valence-corrected chi connectivity index (χ2v) is 3.60. The highest BCUT2D eigenvalue weighted by molar-refractivity contribution is 5.51. The number of halogens is 1. The Morgan fingerprint density at radius 3 is 2.59 bits per heavy atom. The van der Waals surface area contributed by atoms with Crippen molar-refractivity contribution in [2.75, 3.05) is 5.73 Å². The fraction of sp³-hybridized carbons (Fsp3) is 0.0769. The van der Waals surface area contributed by atoms with E-state index in [1.165, 1.54) is 6.07 Å². The molecule has 0 aliphatic rings. The van der Waals surface area contributed by atoms with Gasteiger partial charge in [-0.25, -0.2) is 4.39 Å². The first-order valence-electron chi connectivity index (χ1n) is 5.21. The van der Waals surface area contributed by atoms with Gasteiger partial charge in [-0.2, -0.15) is 0 Å². The smallest absolute Gasteiger partial charge is 0.165 e. The first kappa shape index (κ1) is 11.4. The van der Waals surface area contributed by atoms with Crippen molar-refractivity contribution in [3.05, 3.63) is 53.8 Å². The van der Waals surface area contributed by atoms with Crippen molar-refractivity contribution in [3.63, 3.8) is 0 Å². The van der Waals surface area contributed by atoms with Gasteiger partial charge in [0.25, 0.3) is 0 Å². The van der Waals surface area contributed by atoms with Gasteiger partial charge in [-0.15, -0.1) is 0 Å². The molecule has 2 rings (SSSR count). The van der Waals surface area contributed by atoms with E-state index in [-0.39, 0.29) is 5.75 Å². The molecule has 4 N–H and O–H groups in total. The molecule has 0 aliphatic heterocycles. The molecule has 0 saturated carbocycles. The summed E-state index contributed by atoms with van der Waals surface area (Å²) in [6, 6.07) is 11.3. The molecule has 0 bridgehead atoms. The van der Waals surface area contributed by atoms with Crippen LogP contribution in [0.3, 0.4) is 0 Å². The highest BCUT2D eigenvalue weighted by Crippen LogP contribution is 2.26. The Kier molecular flexibility index (Phi) is 3.25. The third kappa shape index (κ3) is 2.54. The summed E-state index contributed by atoms with van der Waals surface area (Å²) in [5.74, 6) is 0.295. The molecule has 3 nitrogen and oxygen atoms in total. The van der Waals surface area contributed by atoms with Crippen molar-refractivity contribution in [2.24, 2.45) is 5.73 Å². The molecule has 17 heavy (non-hydrogen) atoms. The summed E-state index contributed by atoms with van der Waals surface area (Å²) in [6.45, 7) is 0.320. The highest BCUT2D eigenvalue weighted by atomic mass is 19.1. The monoisotopic (exact) mass is 232 g/mol. The van der Waals surface area contributed by atoms with E-state index >= 15 is 0 Å². The predicted molar refractivity (Wildman–Crippen MR) is 65.2 cm³/mol. The van der Waals surface area contributed by atoms with E-state index in [9.17, 15) is 4.39 Å². The molecule has 88 valence electrons. The first-order valence-corrected chi connectivity index (χ1v) is 5.21. The van der Waals surface area contributed by atoms with Gasteiger partial charge in [-0.05, 0) is 35.9 Å². The van der Waals surface area contributed by atoms with Crippen LogP contribution in [0.4, 0.5) is 10.1 Å². The average molecular weight is 232 g/mol. The minimum atomic E-state index is -0.404. The van der Waals surface area contributed by atoms with Crippen molar-refractivity contribution in [1.29, 1.82) is 0 Å². The zero-order valence-corrected chi connectivity index (χ0v) is 9.19. The fourth-order valence-electron chi connectivity index (χ4n) is 1.48. The molecule has 0 aromatic heterocycles. The number of hydrogen-bond acceptors (Lipinski definition) is 3. The molecule has 0 radical (unpaired) electrons. The summed E-state index contributed by atoms with van der Waals surface area (Å²) in [7, 11) is 0. The maximum Gasteiger partial charge on any atom is 0.165 e. The Morgan fingerprint density at radius 2 is 1.88 bits per heavy atom. The third-order valence-electron chi connectivity index (χ3n) is 2.40. The molecule has 2 aromatic carbocycles. The van der Waals surface area contributed by atoms with Gasteiger partial charge in [0.05, 0.1) is 0 Å². The average Bonchev–Trinajstić information content (AvgIpc) is 2.34. The number of nitrogens with two attached hydrogens (primary N) is 2. The van der Waals surface area contributed by atoms with Crippen LogP contribution in [0, 0.1) is 5.82 Å². The van der Waals surface area contributed by atoms with Gasteiger partial charge in [0, 0.05) is 12.2 Å². The third-order valence-corrected chi connectivity index (χ3v) is 2.40. The standard InChI is InChI=1S/C13H13FN2O/c14-11-3-1-2-4-13(11)17-10-5-6-12(16)9(7-10)8-15/h1-7H,8,15-16H2. The molecule has 0 atom stereocenters. The van der Waals surface area contributed by atoms with E-state index < -0.39 is 5.82 Å². The van der Waals surface area contributed by atoms with Crippen molar-refractivity contribution in [1.82, 2.24) is 0 Å². The minimum absolute atomic E-state index is 0.181. The van der Waals surface area contributed by atoms with Gasteiger partial charge in [0.2, 0.25) is 0 Å². The summed E-state index contributed by atoms with van der Waals surface area (Å²) >= 11 is 0. The van der Waals surface area contributed by atoms with E-state index in [1.54, 1.807) is 36.4 Å². The lowest BCUT2D eigenvalue weighted by Gasteiger charge is -2.09. The number of ether oxygens (including phenoxy) is 1. The zero-order chi connectivity index (χ0) is 12.3. The van der Waals surface area contributed by atoms with E-state index in [2.05, 4.69) is 0 Å². The Bertz CT molecular complexity index is 529. The van der Waals surface area contributed by atoms with Crippen molar-refractivity contribution < 1.29 is 9.13 Å². The second-order valence-electron chi connectivity index (χ2n) is 3.60. The molecule has 0 spiro atoms. The SMILES string of the molecule is NCc1cc(Oc2ccccc2F)ccc1N.